The van der Waals surface area contributed by atoms with Gasteiger partial charge in [-0.15, -0.1) is 0 Å². The summed E-state index contributed by atoms with van der Waals surface area (Å²) in [6, 6.07) is 13.8. The number of anilines is 1. The van der Waals surface area contributed by atoms with Crippen LogP contribution in [0.2, 0.25) is 0 Å². The first kappa shape index (κ1) is 18.3. The zero-order chi connectivity index (χ0) is 19.5. The monoisotopic (exact) mass is 378 g/mol. The van der Waals surface area contributed by atoms with Crippen LogP contribution in [-0.4, -0.2) is 36.1 Å². The second-order valence-corrected chi connectivity index (χ2v) is 7.01. The molecule has 0 atom stereocenters. The van der Waals surface area contributed by atoms with Crippen molar-refractivity contribution in [3.05, 3.63) is 71.4 Å². The van der Waals surface area contributed by atoms with E-state index in [0.29, 0.717) is 11.3 Å². The highest BCUT2D eigenvalue weighted by atomic mass is 19.1. The maximum absolute atomic E-state index is 14.4. The second-order valence-electron chi connectivity index (χ2n) is 7.01. The van der Waals surface area contributed by atoms with Crippen molar-refractivity contribution in [2.75, 3.05) is 31.1 Å². The molecule has 28 heavy (non-hydrogen) atoms. The Morgan fingerprint density at radius 1 is 0.929 bits per heavy atom. The van der Waals surface area contributed by atoms with E-state index in [0.717, 1.165) is 56.8 Å². The normalized spacial score (nSPS) is 15.4. The summed E-state index contributed by atoms with van der Waals surface area (Å²) in [7, 11) is 0. The summed E-state index contributed by atoms with van der Waals surface area (Å²) in [5.74, 6) is -0.950. The molecule has 2 heterocycles. The van der Waals surface area contributed by atoms with Gasteiger partial charge in [-0.3, -0.25) is 9.88 Å². The molecule has 0 unspecified atom stereocenters. The minimum absolute atomic E-state index is 0.0798. The Morgan fingerprint density at radius 3 is 2.50 bits per heavy atom. The number of aromatic nitrogens is 1. The van der Waals surface area contributed by atoms with Crippen LogP contribution in [0, 0.1) is 23.0 Å². The van der Waals surface area contributed by atoms with Gasteiger partial charge in [0.25, 0.3) is 0 Å². The Hall–Kier alpha value is -3.04. The van der Waals surface area contributed by atoms with Gasteiger partial charge in [-0.1, -0.05) is 12.1 Å². The number of nitrogens with zero attached hydrogens (tertiary/aromatic N) is 4. The van der Waals surface area contributed by atoms with Crippen LogP contribution in [0.25, 0.3) is 10.9 Å². The molecule has 1 fully saturated rings. The SMILES string of the molecule is N#Cc1ccc(CN2CCCN(c3ccnc4c(F)ccc(F)c34)CC2)cc1. The zero-order valence-corrected chi connectivity index (χ0v) is 15.4. The second kappa shape index (κ2) is 7.91. The molecule has 0 bridgehead atoms. The minimum atomic E-state index is -0.504. The van der Waals surface area contributed by atoms with Gasteiger partial charge < -0.3 is 4.90 Å². The lowest BCUT2D eigenvalue weighted by Crippen LogP contribution is -2.30. The third kappa shape index (κ3) is 3.67. The van der Waals surface area contributed by atoms with Gasteiger partial charge in [-0.05, 0) is 42.3 Å². The summed E-state index contributed by atoms with van der Waals surface area (Å²) < 4.78 is 28.5. The molecule has 0 aliphatic carbocycles. The van der Waals surface area contributed by atoms with Gasteiger partial charge in [0.05, 0.1) is 22.7 Å². The summed E-state index contributed by atoms with van der Waals surface area (Å²) in [6.07, 6.45) is 2.47. The summed E-state index contributed by atoms with van der Waals surface area (Å²) in [6.45, 7) is 4.06. The number of pyridine rings is 1. The molecule has 0 spiro atoms. The van der Waals surface area contributed by atoms with Crippen LogP contribution in [-0.2, 0) is 6.54 Å². The van der Waals surface area contributed by atoms with Crippen LogP contribution in [0.15, 0.2) is 48.7 Å². The fourth-order valence-corrected chi connectivity index (χ4v) is 3.75. The van der Waals surface area contributed by atoms with Crippen molar-refractivity contribution >= 4 is 16.6 Å². The van der Waals surface area contributed by atoms with Gasteiger partial charge in [-0.25, -0.2) is 8.78 Å². The zero-order valence-electron chi connectivity index (χ0n) is 15.4. The molecule has 0 saturated carbocycles. The molecule has 0 N–H and O–H groups in total. The maximum atomic E-state index is 14.4. The maximum Gasteiger partial charge on any atom is 0.149 e. The number of fused-ring (bicyclic) bond motifs is 1. The van der Waals surface area contributed by atoms with Crippen molar-refractivity contribution in [2.24, 2.45) is 0 Å². The molecule has 1 saturated heterocycles. The van der Waals surface area contributed by atoms with Crippen molar-refractivity contribution in [2.45, 2.75) is 13.0 Å². The molecule has 1 aromatic heterocycles. The van der Waals surface area contributed by atoms with Gasteiger partial charge in [0.1, 0.15) is 17.2 Å². The molecule has 0 radical (unpaired) electrons. The van der Waals surface area contributed by atoms with E-state index in [1.165, 1.54) is 0 Å². The van der Waals surface area contributed by atoms with Crippen LogP contribution in [0.5, 0.6) is 0 Å². The highest BCUT2D eigenvalue weighted by Crippen LogP contribution is 2.30. The molecular weight excluding hydrogens is 358 g/mol. The highest BCUT2D eigenvalue weighted by Gasteiger charge is 2.20. The number of halogens is 2. The van der Waals surface area contributed by atoms with Crippen molar-refractivity contribution in [1.82, 2.24) is 9.88 Å². The van der Waals surface area contributed by atoms with Gasteiger partial charge in [0, 0.05) is 38.9 Å². The lowest BCUT2D eigenvalue weighted by molar-refractivity contribution is 0.285. The van der Waals surface area contributed by atoms with Crippen LogP contribution in [0.3, 0.4) is 0 Å². The third-order valence-corrected chi connectivity index (χ3v) is 5.19. The predicted octanol–water partition coefficient (Wildman–Crippen LogP) is 4.10. The molecule has 4 nitrogen and oxygen atoms in total. The average molecular weight is 378 g/mol. The van der Waals surface area contributed by atoms with Crippen LogP contribution in [0.1, 0.15) is 17.5 Å². The van der Waals surface area contributed by atoms with E-state index in [1.54, 1.807) is 12.3 Å². The van der Waals surface area contributed by atoms with E-state index in [1.807, 2.05) is 24.3 Å². The molecule has 142 valence electrons. The minimum Gasteiger partial charge on any atom is -0.370 e. The lowest BCUT2D eigenvalue weighted by atomic mass is 10.1. The topological polar surface area (TPSA) is 43.2 Å². The van der Waals surface area contributed by atoms with E-state index < -0.39 is 11.6 Å². The largest absolute Gasteiger partial charge is 0.370 e. The quantitative estimate of drug-likeness (QED) is 0.688. The van der Waals surface area contributed by atoms with Crippen LogP contribution in [0.4, 0.5) is 14.5 Å². The number of benzene rings is 2. The number of nitriles is 1. The van der Waals surface area contributed by atoms with E-state index in [4.69, 9.17) is 5.26 Å². The Kier molecular flexibility index (Phi) is 5.18. The molecular formula is C22H20F2N4. The number of rotatable bonds is 3. The van der Waals surface area contributed by atoms with E-state index in [9.17, 15) is 8.78 Å². The van der Waals surface area contributed by atoms with Crippen molar-refractivity contribution < 1.29 is 8.78 Å². The molecule has 1 aliphatic rings. The Labute approximate surface area is 162 Å². The highest BCUT2D eigenvalue weighted by molar-refractivity contribution is 5.92. The molecule has 3 aromatic rings. The summed E-state index contributed by atoms with van der Waals surface area (Å²) in [5.41, 5.74) is 2.60. The summed E-state index contributed by atoms with van der Waals surface area (Å²) in [4.78, 5) is 8.50. The van der Waals surface area contributed by atoms with E-state index in [2.05, 4.69) is 20.9 Å². The van der Waals surface area contributed by atoms with Gasteiger partial charge in [0.15, 0.2) is 0 Å². The first-order valence-electron chi connectivity index (χ1n) is 9.35. The average Bonchev–Trinajstić information content (AvgIpc) is 2.96. The third-order valence-electron chi connectivity index (χ3n) is 5.19. The summed E-state index contributed by atoms with van der Waals surface area (Å²) in [5, 5.41) is 9.17. The van der Waals surface area contributed by atoms with Crippen molar-refractivity contribution in [3.8, 4) is 6.07 Å². The first-order chi connectivity index (χ1) is 13.7. The standard InChI is InChI=1S/C22H20F2N4/c23-18-6-7-19(24)22-21(18)20(8-9-26-22)28-11-1-10-27(12-13-28)15-17-4-2-16(14-25)3-5-17/h2-9H,1,10-13,15H2. The molecule has 1 aliphatic heterocycles. The van der Waals surface area contributed by atoms with Crippen molar-refractivity contribution in [3.63, 3.8) is 0 Å². The molecule has 2 aromatic carbocycles. The fraction of sp³-hybridized carbons (Fsp3) is 0.273. The number of hydrogen-bond acceptors (Lipinski definition) is 4. The Morgan fingerprint density at radius 2 is 1.71 bits per heavy atom. The molecule has 4 rings (SSSR count). The van der Waals surface area contributed by atoms with E-state index >= 15 is 0 Å². The number of hydrogen-bond donors (Lipinski definition) is 0. The lowest BCUT2D eigenvalue weighted by Gasteiger charge is -2.25. The predicted molar refractivity (Wildman–Crippen MR) is 105 cm³/mol. The molecule has 0 amide bonds. The molecule has 6 heteroatoms. The fourth-order valence-electron chi connectivity index (χ4n) is 3.75. The summed E-state index contributed by atoms with van der Waals surface area (Å²) >= 11 is 0. The van der Waals surface area contributed by atoms with Crippen LogP contribution < -0.4 is 4.90 Å². The van der Waals surface area contributed by atoms with Crippen molar-refractivity contribution in [1.29, 1.82) is 5.26 Å². The van der Waals surface area contributed by atoms with E-state index in [-0.39, 0.29) is 10.9 Å². The van der Waals surface area contributed by atoms with Crippen LogP contribution >= 0.6 is 0 Å². The smallest absolute Gasteiger partial charge is 0.149 e. The van der Waals surface area contributed by atoms with Gasteiger partial charge in [-0.2, -0.15) is 5.26 Å². The first-order valence-corrected chi connectivity index (χ1v) is 9.35. The Balaban J connectivity index is 1.52. The van der Waals surface area contributed by atoms with Gasteiger partial charge in [0.2, 0.25) is 0 Å². The Bertz CT molecular complexity index is 1030. The van der Waals surface area contributed by atoms with Gasteiger partial charge >= 0.3 is 0 Å².